The van der Waals surface area contributed by atoms with E-state index >= 15 is 0 Å². The van der Waals surface area contributed by atoms with E-state index in [1.165, 1.54) is 0 Å². The predicted molar refractivity (Wildman–Crippen MR) is 31.4 cm³/mol. The quantitative estimate of drug-likeness (QED) is 0.263. The first-order valence-electron chi connectivity index (χ1n) is 2.52. The zero-order chi connectivity index (χ0) is 7.28. The molecule has 0 aromatic carbocycles. The lowest BCUT2D eigenvalue weighted by Crippen LogP contribution is -2.12. The summed E-state index contributed by atoms with van der Waals surface area (Å²) >= 11 is 0. The number of nitro groups is 1. The summed E-state index contributed by atoms with van der Waals surface area (Å²) in [6.45, 7) is 1.32. The third-order valence-electron chi connectivity index (χ3n) is 0.861. The van der Waals surface area contributed by atoms with E-state index in [2.05, 4.69) is 5.16 Å². The maximum absolute atomic E-state index is 9.74. The molecule has 0 radical (unpaired) electrons. The highest BCUT2D eigenvalue weighted by Gasteiger charge is 2.03. The van der Waals surface area contributed by atoms with Gasteiger partial charge in [-0.05, 0) is 6.42 Å². The molecule has 0 aliphatic rings. The zero-order valence-electron chi connectivity index (χ0n) is 5.07. The molecule has 0 spiro atoms. The molecule has 0 fully saturated rings. The molecule has 0 amide bonds. The van der Waals surface area contributed by atoms with E-state index in [0.29, 0.717) is 6.42 Å². The third-order valence-corrected chi connectivity index (χ3v) is 0.861. The second-order valence-electron chi connectivity index (χ2n) is 1.51. The second kappa shape index (κ2) is 3.82. The van der Waals surface area contributed by atoms with Gasteiger partial charge < -0.3 is 5.21 Å². The van der Waals surface area contributed by atoms with Crippen LogP contribution in [0, 0.1) is 10.1 Å². The molecule has 0 heterocycles. The molecule has 0 saturated carbocycles. The van der Waals surface area contributed by atoms with Crippen molar-refractivity contribution in [3.05, 3.63) is 10.1 Å². The topological polar surface area (TPSA) is 75.7 Å². The van der Waals surface area contributed by atoms with Gasteiger partial charge in [-0.2, -0.15) is 0 Å². The predicted octanol–water partition coefficient (Wildman–Crippen LogP) is 0.503. The van der Waals surface area contributed by atoms with E-state index in [0.717, 1.165) is 0 Å². The summed E-state index contributed by atoms with van der Waals surface area (Å²) in [7, 11) is 0. The molecule has 9 heavy (non-hydrogen) atoms. The zero-order valence-corrected chi connectivity index (χ0v) is 5.07. The van der Waals surface area contributed by atoms with E-state index in [1.54, 1.807) is 6.92 Å². The summed E-state index contributed by atoms with van der Waals surface area (Å²) in [6, 6.07) is 0. The first-order valence-corrected chi connectivity index (χ1v) is 2.52. The molecular weight excluding hydrogens is 124 g/mol. The summed E-state index contributed by atoms with van der Waals surface area (Å²) in [5, 5.41) is 20.5. The van der Waals surface area contributed by atoms with Crippen LogP contribution < -0.4 is 0 Å². The number of nitrogens with zero attached hydrogens (tertiary/aromatic N) is 2. The van der Waals surface area contributed by atoms with Crippen LogP contribution in [0.2, 0.25) is 0 Å². The van der Waals surface area contributed by atoms with E-state index in [-0.39, 0.29) is 12.3 Å². The van der Waals surface area contributed by atoms with Gasteiger partial charge >= 0.3 is 0 Å². The molecule has 0 bridgehead atoms. The Labute approximate surface area is 52.1 Å². The first-order chi connectivity index (χ1) is 4.20. The van der Waals surface area contributed by atoms with Crippen molar-refractivity contribution in [2.24, 2.45) is 5.16 Å². The highest BCUT2D eigenvalue weighted by molar-refractivity contribution is 5.84. The Morgan fingerprint density at radius 1 is 1.89 bits per heavy atom. The molecule has 52 valence electrons. The molecule has 0 unspecified atom stereocenters. The maximum Gasteiger partial charge on any atom is 0.244 e. The van der Waals surface area contributed by atoms with Crippen molar-refractivity contribution in [3.8, 4) is 0 Å². The van der Waals surface area contributed by atoms with Crippen LogP contribution in [0.5, 0.6) is 0 Å². The minimum atomic E-state index is -0.529. The number of hydrogen-bond donors (Lipinski definition) is 1. The highest BCUT2D eigenvalue weighted by atomic mass is 16.6. The van der Waals surface area contributed by atoms with Gasteiger partial charge in [-0.1, -0.05) is 12.1 Å². The first kappa shape index (κ1) is 7.87. The Hall–Kier alpha value is -1.13. The Morgan fingerprint density at radius 2 is 2.44 bits per heavy atom. The van der Waals surface area contributed by atoms with E-state index in [9.17, 15) is 10.1 Å². The Bertz CT molecular complexity index is 132. The Kier molecular flexibility index (Phi) is 3.34. The lowest BCUT2D eigenvalue weighted by molar-refractivity contribution is -0.463. The van der Waals surface area contributed by atoms with Crippen molar-refractivity contribution in [2.75, 3.05) is 6.54 Å². The normalized spacial score (nSPS) is 11.4. The molecule has 0 aliphatic carbocycles. The summed E-state index contributed by atoms with van der Waals surface area (Å²) in [5.41, 5.74) is 0.194. The van der Waals surface area contributed by atoms with Gasteiger partial charge in [-0.3, -0.25) is 10.1 Å². The van der Waals surface area contributed by atoms with Gasteiger partial charge in [0.1, 0.15) is 5.71 Å². The Morgan fingerprint density at radius 3 is 2.56 bits per heavy atom. The van der Waals surface area contributed by atoms with Crippen LogP contribution in [0.3, 0.4) is 0 Å². The van der Waals surface area contributed by atoms with Crippen molar-refractivity contribution in [3.63, 3.8) is 0 Å². The largest absolute Gasteiger partial charge is 0.411 e. The van der Waals surface area contributed by atoms with E-state index < -0.39 is 4.92 Å². The van der Waals surface area contributed by atoms with Crippen LogP contribution in [0.25, 0.3) is 0 Å². The van der Waals surface area contributed by atoms with Crippen molar-refractivity contribution in [1.82, 2.24) is 0 Å². The van der Waals surface area contributed by atoms with Gasteiger partial charge in [0.15, 0.2) is 0 Å². The van der Waals surface area contributed by atoms with Gasteiger partial charge in [0.05, 0.1) is 0 Å². The van der Waals surface area contributed by atoms with E-state index in [4.69, 9.17) is 5.21 Å². The van der Waals surface area contributed by atoms with Gasteiger partial charge in [-0.25, -0.2) is 0 Å². The fraction of sp³-hybridized carbons (Fsp3) is 0.750. The van der Waals surface area contributed by atoms with Gasteiger partial charge in [-0.15, -0.1) is 0 Å². The molecule has 0 atom stereocenters. The van der Waals surface area contributed by atoms with Crippen molar-refractivity contribution >= 4 is 5.71 Å². The van der Waals surface area contributed by atoms with Crippen molar-refractivity contribution < 1.29 is 10.1 Å². The molecule has 0 aromatic heterocycles. The molecule has 0 aliphatic heterocycles. The summed E-state index contributed by atoms with van der Waals surface area (Å²) in [6.07, 6.45) is 0.414. The van der Waals surface area contributed by atoms with Crippen LogP contribution in [-0.2, 0) is 0 Å². The lowest BCUT2D eigenvalue weighted by atomic mass is 10.3. The minimum Gasteiger partial charge on any atom is -0.411 e. The van der Waals surface area contributed by atoms with Gasteiger partial charge in [0, 0.05) is 4.92 Å². The molecule has 5 nitrogen and oxygen atoms in total. The van der Waals surface area contributed by atoms with Crippen LogP contribution in [-0.4, -0.2) is 22.4 Å². The second-order valence-corrected chi connectivity index (χ2v) is 1.51. The SMILES string of the molecule is CCC(C[N+](=O)[O-])=NO. The summed E-state index contributed by atoms with van der Waals surface area (Å²) in [4.78, 5) is 9.21. The highest BCUT2D eigenvalue weighted by Crippen LogP contribution is 1.84. The maximum atomic E-state index is 9.74. The van der Waals surface area contributed by atoms with Crippen LogP contribution in [0.15, 0.2) is 5.16 Å². The lowest BCUT2D eigenvalue weighted by Gasteiger charge is -1.90. The average molecular weight is 132 g/mol. The molecular formula is C4H8N2O3. The fourth-order valence-electron chi connectivity index (χ4n) is 0.363. The summed E-state index contributed by atoms with van der Waals surface area (Å²) in [5.74, 6) is 0. The minimum absolute atomic E-state index is 0.194. The molecule has 1 N–H and O–H groups in total. The molecule has 5 heteroatoms. The standard InChI is InChI=1S/C4H8N2O3/c1-2-4(5-7)3-6(8)9/h7H,2-3H2,1H3. The Balaban J connectivity index is 3.71. The third kappa shape index (κ3) is 3.45. The van der Waals surface area contributed by atoms with Crippen LogP contribution in [0.1, 0.15) is 13.3 Å². The van der Waals surface area contributed by atoms with Crippen LogP contribution >= 0.6 is 0 Å². The molecule has 0 aromatic rings. The van der Waals surface area contributed by atoms with Crippen molar-refractivity contribution in [1.29, 1.82) is 0 Å². The van der Waals surface area contributed by atoms with Gasteiger partial charge in [0.2, 0.25) is 6.54 Å². The van der Waals surface area contributed by atoms with Crippen molar-refractivity contribution in [2.45, 2.75) is 13.3 Å². The smallest absolute Gasteiger partial charge is 0.244 e. The number of hydrogen-bond acceptors (Lipinski definition) is 4. The van der Waals surface area contributed by atoms with Gasteiger partial charge in [0.25, 0.3) is 0 Å². The van der Waals surface area contributed by atoms with Crippen LogP contribution in [0.4, 0.5) is 0 Å². The van der Waals surface area contributed by atoms with E-state index in [1.807, 2.05) is 0 Å². The average Bonchev–Trinajstić information content (AvgIpc) is 1.82. The monoisotopic (exact) mass is 132 g/mol. The molecule has 0 saturated heterocycles. The number of rotatable bonds is 3. The number of oxime groups is 1. The fourth-order valence-corrected chi connectivity index (χ4v) is 0.363. The summed E-state index contributed by atoms with van der Waals surface area (Å²) < 4.78 is 0. The molecule has 0 rings (SSSR count).